The maximum atomic E-state index is 5.83. The molecule has 0 saturated carbocycles. The van der Waals surface area contributed by atoms with Gasteiger partial charge in [-0.2, -0.15) is 0 Å². The Bertz CT molecular complexity index is 743. The third kappa shape index (κ3) is 2.31. The van der Waals surface area contributed by atoms with Crippen molar-refractivity contribution in [2.24, 2.45) is 0 Å². The van der Waals surface area contributed by atoms with E-state index < -0.39 is 0 Å². The molecular formula is C15H11BrN2O. The molecule has 0 atom stereocenters. The van der Waals surface area contributed by atoms with Gasteiger partial charge in [0.15, 0.2) is 0 Å². The molecule has 3 rings (SSSR count). The zero-order chi connectivity index (χ0) is 13.2. The van der Waals surface area contributed by atoms with Crippen molar-refractivity contribution in [2.75, 3.05) is 0 Å². The van der Waals surface area contributed by atoms with Crippen LogP contribution in [-0.2, 0) is 0 Å². The van der Waals surface area contributed by atoms with Crippen LogP contribution in [-0.4, -0.2) is 9.97 Å². The van der Waals surface area contributed by atoms with Crippen LogP contribution in [0.3, 0.4) is 0 Å². The SMILES string of the molecule is Cc1nccnc1Oc1ccc2ccccc2c1Br. The van der Waals surface area contributed by atoms with Gasteiger partial charge in [0.1, 0.15) is 5.75 Å². The van der Waals surface area contributed by atoms with Gasteiger partial charge in [-0.05, 0) is 39.7 Å². The third-order valence-electron chi connectivity index (χ3n) is 2.87. The van der Waals surface area contributed by atoms with Crippen LogP contribution in [0, 0.1) is 6.92 Å². The average Bonchev–Trinajstić information content (AvgIpc) is 2.44. The lowest BCUT2D eigenvalue weighted by Gasteiger charge is -2.10. The Morgan fingerprint density at radius 1 is 1.00 bits per heavy atom. The van der Waals surface area contributed by atoms with Gasteiger partial charge in [0.2, 0.25) is 5.88 Å². The Kier molecular flexibility index (Phi) is 3.17. The van der Waals surface area contributed by atoms with Crippen molar-refractivity contribution in [3.05, 3.63) is 59.0 Å². The second-order valence-corrected chi connectivity index (χ2v) is 4.94. The average molecular weight is 315 g/mol. The first-order valence-corrected chi connectivity index (χ1v) is 6.68. The van der Waals surface area contributed by atoms with Crippen molar-refractivity contribution in [3.63, 3.8) is 0 Å². The van der Waals surface area contributed by atoms with Crippen LogP contribution in [0.1, 0.15) is 5.69 Å². The van der Waals surface area contributed by atoms with Crippen LogP contribution in [0.2, 0.25) is 0 Å². The van der Waals surface area contributed by atoms with Crippen molar-refractivity contribution in [2.45, 2.75) is 6.92 Å². The predicted molar refractivity (Wildman–Crippen MR) is 78.5 cm³/mol. The minimum absolute atomic E-state index is 0.526. The van der Waals surface area contributed by atoms with Crippen molar-refractivity contribution >= 4 is 26.7 Å². The lowest BCUT2D eigenvalue weighted by Crippen LogP contribution is -1.93. The van der Waals surface area contributed by atoms with Crippen LogP contribution in [0.15, 0.2) is 53.3 Å². The minimum atomic E-state index is 0.526. The quantitative estimate of drug-likeness (QED) is 0.699. The van der Waals surface area contributed by atoms with E-state index in [2.05, 4.69) is 38.0 Å². The number of aromatic nitrogens is 2. The zero-order valence-electron chi connectivity index (χ0n) is 10.3. The van der Waals surface area contributed by atoms with Crippen LogP contribution >= 0.6 is 15.9 Å². The van der Waals surface area contributed by atoms with Crippen LogP contribution in [0.5, 0.6) is 11.6 Å². The fourth-order valence-corrected chi connectivity index (χ4v) is 2.47. The summed E-state index contributed by atoms with van der Waals surface area (Å²) in [5, 5.41) is 2.28. The maximum Gasteiger partial charge on any atom is 0.240 e. The van der Waals surface area contributed by atoms with E-state index in [-0.39, 0.29) is 0 Å². The Morgan fingerprint density at radius 2 is 1.79 bits per heavy atom. The highest BCUT2D eigenvalue weighted by Crippen LogP contribution is 2.35. The maximum absolute atomic E-state index is 5.83. The summed E-state index contributed by atoms with van der Waals surface area (Å²) in [5.74, 6) is 1.26. The van der Waals surface area contributed by atoms with Crippen LogP contribution in [0.25, 0.3) is 10.8 Å². The second-order valence-electron chi connectivity index (χ2n) is 4.15. The fraction of sp³-hybridized carbons (Fsp3) is 0.0667. The van der Waals surface area contributed by atoms with E-state index in [4.69, 9.17) is 4.74 Å². The molecular weight excluding hydrogens is 304 g/mol. The summed E-state index contributed by atoms with van der Waals surface area (Å²) < 4.78 is 6.75. The van der Waals surface area contributed by atoms with Crippen molar-refractivity contribution in [1.82, 2.24) is 9.97 Å². The summed E-state index contributed by atoms with van der Waals surface area (Å²) in [6, 6.07) is 12.1. The van der Waals surface area contributed by atoms with E-state index in [9.17, 15) is 0 Å². The Balaban J connectivity index is 2.07. The lowest BCUT2D eigenvalue weighted by molar-refractivity contribution is 0.453. The van der Waals surface area contributed by atoms with E-state index in [1.54, 1.807) is 12.4 Å². The highest BCUT2D eigenvalue weighted by atomic mass is 79.9. The predicted octanol–water partition coefficient (Wildman–Crippen LogP) is 4.49. The number of fused-ring (bicyclic) bond motifs is 1. The van der Waals surface area contributed by atoms with E-state index in [0.29, 0.717) is 5.88 Å². The Labute approximate surface area is 119 Å². The Hall–Kier alpha value is -1.94. The van der Waals surface area contributed by atoms with Gasteiger partial charge in [-0.25, -0.2) is 4.98 Å². The molecule has 1 aromatic heterocycles. The van der Waals surface area contributed by atoms with Gasteiger partial charge in [-0.15, -0.1) is 0 Å². The molecule has 0 amide bonds. The largest absolute Gasteiger partial charge is 0.436 e. The number of hydrogen-bond donors (Lipinski definition) is 0. The first-order chi connectivity index (χ1) is 9.25. The lowest BCUT2D eigenvalue weighted by atomic mass is 10.1. The molecule has 0 aliphatic rings. The Morgan fingerprint density at radius 3 is 2.63 bits per heavy atom. The summed E-state index contributed by atoms with van der Waals surface area (Å²) in [4.78, 5) is 8.35. The van der Waals surface area contributed by atoms with Gasteiger partial charge in [0.25, 0.3) is 0 Å². The van der Waals surface area contributed by atoms with E-state index in [0.717, 1.165) is 26.7 Å². The van der Waals surface area contributed by atoms with Gasteiger partial charge >= 0.3 is 0 Å². The molecule has 0 saturated heterocycles. The van der Waals surface area contributed by atoms with Crippen molar-refractivity contribution in [3.8, 4) is 11.6 Å². The van der Waals surface area contributed by atoms with Gasteiger partial charge in [0.05, 0.1) is 10.2 Å². The normalized spacial score (nSPS) is 10.6. The van der Waals surface area contributed by atoms with E-state index >= 15 is 0 Å². The number of halogens is 1. The molecule has 0 fully saturated rings. The molecule has 3 aromatic rings. The van der Waals surface area contributed by atoms with Gasteiger partial charge < -0.3 is 4.74 Å². The standard InChI is InChI=1S/C15H11BrN2O/c1-10-15(18-9-8-17-10)19-13-7-6-11-4-2-3-5-12(11)14(13)16/h2-9H,1H3. The summed E-state index contributed by atoms with van der Waals surface area (Å²) >= 11 is 3.59. The summed E-state index contributed by atoms with van der Waals surface area (Å²) in [6.45, 7) is 1.87. The summed E-state index contributed by atoms with van der Waals surface area (Å²) in [6.07, 6.45) is 3.27. The molecule has 0 aliphatic carbocycles. The highest BCUT2D eigenvalue weighted by molar-refractivity contribution is 9.10. The number of benzene rings is 2. The number of hydrogen-bond acceptors (Lipinski definition) is 3. The summed E-state index contributed by atoms with van der Waals surface area (Å²) in [7, 11) is 0. The van der Waals surface area contributed by atoms with Crippen molar-refractivity contribution < 1.29 is 4.74 Å². The topological polar surface area (TPSA) is 35.0 Å². The molecule has 0 spiro atoms. The minimum Gasteiger partial charge on any atom is -0.436 e. The number of nitrogens with zero attached hydrogens (tertiary/aromatic N) is 2. The van der Waals surface area contributed by atoms with Crippen molar-refractivity contribution in [1.29, 1.82) is 0 Å². The zero-order valence-corrected chi connectivity index (χ0v) is 11.9. The van der Waals surface area contributed by atoms with E-state index in [1.165, 1.54) is 0 Å². The first kappa shape index (κ1) is 12.1. The monoisotopic (exact) mass is 314 g/mol. The summed E-state index contributed by atoms with van der Waals surface area (Å²) in [5.41, 5.74) is 0.766. The number of ether oxygens (including phenoxy) is 1. The van der Waals surface area contributed by atoms with Crippen LogP contribution in [0.4, 0.5) is 0 Å². The van der Waals surface area contributed by atoms with Gasteiger partial charge in [0, 0.05) is 12.4 Å². The molecule has 2 aromatic carbocycles. The number of rotatable bonds is 2. The molecule has 0 bridgehead atoms. The molecule has 1 heterocycles. The molecule has 0 aliphatic heterocycles. The van der Waals surface area contributed by atoms with Gasteiger partial charge in [-0.1, -0.05) is 30.3 Å². The molecule has 3 nitrogen and oxygen atoms in total. The number of aryl methyl sites for hydroxylation is 1. The van der Waals surface area contributed by atoms with E-state index in [1.807, 2.05) is 31.2 Å². The van der Waals surface area contributed by atoms with Crippen LogP contribution < -0.4 is 4.74 Å². The first-order valence-electron chi connectivity index (χ1n) is 5.88. The molecule has 94 valence electrons. The third-order valence-corrected chi connectivity index (χ3v) is 3.69. The molecule has 4 heteroatoms. The highest BCUT2D eigenvalue weighted by Gasteiger charge is 2.09. The molecule has 0 unspecified atom stereocenters. The smallest absolute Gasteiger partial charge is 0.240 e. The second kappa shape index (κ2) is 4.97. The molecule has 0 N–H and O–H groups in total. The molecule has 19 heavy (non-hydrogen) atoms. The molecule has 0 radical (unpaired) electrons. The van der Waals surface area contributed by atoms with Gasteiger partial charge in [-0.3, -0.25) is 4.98 Å². The fourth-order valence-electron chi connectivity index (χ4n) is 1.89.